The molecule has 2 aromatic rings. The molecule has 0 aliphatic heterocycles. The minimum Gasteiger partial charge on any atom is -0.367 e. The highest BCUT2D eigenvalue weighted by molar-refractivity contribution is 7.98. The number of thioether (sulfide) groups is 1. The number of rotatable bonds is 5. The Labute approximate surface area is 123 Å². The molecule has 106 valence electrons. The van der Waals surface area contributed by atoms with Crippen molar-refractivity contribution in [1.29, 1.82) is 0 Å². The van der Waals surface area contributed by atoms with Crippen LogP contribution in [0.2, 0.25) is 0 Å². The highest BCUT2D eigenvalue weighted by atomic mass is 32.2. The largest absolute Gasteiger partial charge is 0.367 e. The Morgan fingerprint density at radius 1 is 1.30 bits per heavy atom. The number of nitrogens with one attached hydrogen (secondary N) is 1. The third kappa shape index (κ3) is 3.48. The molecule has 0 bridgehead atoms. The van der Waals surface area contributed by atoms with Crippen molar-refractivity contribution in [3.05, 3.63) is 36.1 Å². The predicted molar refractivity (Wildman–Crippen MR) is 82.6 cm³/mol. The summed E-state index contributed by atoms with van der Waals surface area (Å²) < 4.78 is 13.9. The average molecular weight is 291 g/mol. The molecule has 1 atom stereocenters. The lowest BCUT2D eigenvalue weighted by Crippen LogP contribution is -2.15. The summed E-state index contributed by atoms with van der Waals surface area (Å²) in [6, 6.07) is 8.76. The zero-order valence-electron chi connectivity index (χ0n) is 11.9. The first-order chi connectivity index (χ1) is 9.63. The van der Waals surface area contributed by atoms with Crippen LogP contribution in [0.1, 0.15) is 20.3 Å². The van der Waals surface area contributed by atoms with Gasteiger partial charge >= 0.3 is 0 Å². The lowest BCUT2D eigenvalue weighted by Gasteiger charge is -2.14. The summed E-state index contributed by atoms with van der Waals surface area (Å²) in [4.78, 5) is 8.80. The van der Waals surface area contributed by atoms with E-state index < -0.39 is 0 Å². The number of nitrogens with zero attached hydrogens (tertiary/aromatic N) is 2. The van der Waals surface area contributed by atoms with Gasteiger partial charge in [0, 0.05) is 17.7 Å². The van der Waals surface area contributed by atoms with Gasteiger partial charge in [0.25, 0.3) is 0 Å². The highest BCUT2D eigenvalue weighted by Gasteiger charge is 2.10. The quantitative estimate of drug-likeness (QED) is 0.661. The predicted octanol–water partition coefficient (Wildman–Crippen LogP) is 4.22. The van der Waals surface area contributed by atoms with Gasteiger partial charge in [0.05, 0.1) is 5.69 Å². The number of anilines is 1. The Balaban J connectivity index is 2.43. The SMILES string of the molecule is CCC(C)Nc1cc(-c2ccccc2F)nc(SC)n1. The van der Waals surface area contributed by atoms with E-state index in [0.717, 1.165) is 12.2 Å². The summed E-state index contributed by atoms with van der Waals surface area (Å²) in [6.07, 6.45) is 2.90. The van der Waals surface area contributed by atoms with Crippen LogP contribution in [0.15, 0.2) is 35.5 Å². The van der Waals surface area contributed by atoms with Crippen LogP contribution in [0.4, 0.5) is 10.2 Å². The zero-order valence-corrected chi connectivity index (χ0v) is 12.7. The summed E-state index contributed by atoms with van der Waals surface area (Å²) in [5.41, 5.74) is 1.10. The molecule has 0 saturated carbocycles. The van der Waals surface area contributed by atoms with Gasteiger partial charge in [-0.1, -0.05) is 30.8 Å². The van der Waals surface area contributed by atoms with E-state index in [0.29, 0.717) is 22.5 Å². The second-order valence-electron chi connectivity index (χ2n) is 4.56. The van der Waals surface area contributed by atoms with E-state index in [4.69, 9.17) is 0 Å². The van der Waals surface area contributed by atoms with E-state index >= 15 is 0 Å². The number of benzene rings is 1. The molecular formula is C15H18FN3S. The van der Waals surface area contributed by atoms with Gasteiger partial charge in [0.2, 0.25) is 0 Å². The van der Waals surface area contributed by atoms with Gasteiger partial charge < -0.3 is 5.32 Å². The number of hydrogen-bond donors (Lipinski definition) is 1. The minimum atomic E-state index is -0.271. The van der Waals surface area contributed by atoms with Gasteiger partial charge in [0.15, 0.2) is 5.16 Å². The monoisotopic (exact) mass is 291 g/mol. The molecule has 1 N–H and O–H groups in total. The van der Waals surface area contributed by atoms with Crippen molar-refractivity contribution in [2.75, 3.05) is 11.6 Å². The summed E-state index contributed by atoms with van der Waals surface area (Å²) in [6.45, 7) is 4.19. The molecule has 0 fully saturated rings. The fourth-order valence-electron chi connectivity index (χ4n) is 1.75. The maximum Gasteiger partial charge on any atom is 0.189 e. The second-order valence-corrected chi connectivity index (χ2v) is 5.33. The number of aromatic nitrogens is 2. The van der Waals surface area contributed by atoms with Crippen LogP contribution in [0, 0.1) is 5.82 Å². The Hall–Kier alpha value is -1.62. The number of halogens is 1. The molecular weight excluding hydrogens is 273 g/mol. The Bertz CT molecular complexity index is 589. The number of hydrogen-bond acceptors (Lipinski definition) is 4. The van der Waals surface area contributed by atoms with E-state index in [1.54, 1.807) is 24.3 Å². The van der Waals surface area contributed by atoms with Crippen LogP contribution in [0.5, 0.6) is 0 Å². The minimum absolute atomic E-state index is 0.271. The molecule has 0 radical (unpaired) electrons. The van der Waals surface area contributed by atoms with Crippen molar-refractivity contribution in [3.63, 3.8) is 0 Å². The maximum absolute atomic E-state index is 13.9. The van der Waals surface area contributed by atoms with E-state index in [1.807, 2.05) is 6.26 Å². The topological polar surface area (TPSA) is 37.8 Å². The Kier molecular flexibility index (Phi) is 4.95. The van der Waals surface area contributed by atoms with Crippen molar-refractivity contribution in [2.45, 2.75) is 31.5 Å². The van der Waals surface area contributed by atoms with Gasteiger partial charge in [-0.05, 0) is 31.7 Å². The normalized spacial score (nSPS) is 12.2. The average Bonchev–Trinajstić information content (AvgIpc) is 2.47. The molecule has 0 spiro atoms. The lowest BCUT2D eigenvalue weighted by molar-refractivity contribution is 0.630. The Morgan fingerprint density at radius 3 is 2.70 bits per heavy atom. The first kappa shape index (κ1) is 14.8. The Morgan fingerprint density at radius 2 is 2.05 bits per heavy atom. The van der Waals surface area contributed by atoms with Gasteiger partial charge in [-0.2, -0.15) is 0 Å². The van der Waals surface area contributed by atoms with Crippen LogP contribution >= 0.6 is 11.8 Å². The van der Waals surface area contributed by atoms with Crippen LogP contribution in [0.25, 0.3) is 11.3 Å². The van der Waals surface area contributed by atoms with Crippen molar-refractivity contribution in [2.24, 2.45) is 0 Å². The van der Waals surface area contributed by atoms with E-state index in [9.17, 15) is 4.39 Å². The van der Waals surface area contributed by atoms with E-state index in [1.165, 1.54) is 17.8 Å². The molecule has 20 heavy (non-hydrogen) atoms. The van der Waals surface area contributed by atoms with Crippen LogP contribution < -0.4 is 5.32 Å². The van der Waals surface area contributed by atoms with Crippen molar-refractivity contribution >= 4 is 17.6 Å². The maximum atomic E-state index is 13.9. The molecule has 0 saturated heterocycles. The zero-order chi connectivity index (χ0) is 14.5. The molecule has 1 heterocycles. The molecule has 1 aromatic heterocycles. The molecule has 1 unspecified atom stereocenters. The molecule has 1 aromatic carbocycles. The first-order valence-corrected chi connectivity index (χ1v) is 7.81. The third-order valence-electron chi connectivity index (χ3n) is 3.04. The summed E-state index contributed by atoms with van der Waals surface area (Å²) in [7, 11) is 0. The standard InChI is InChI=1S/C15H18FN3S/c1-4-10(2)17-14-9-13(18-15(19-14)20-3)11-7-5-6-8-12(11)16/h5-10H,4H2,1-3H3,(H,17,18,19). The molecule has 2 rings (SSSR count). The van der Waals surface area contributed by atoms with Crippen LogP contribution in [-0.4, -0.2) is 22.3 Å². The smallest absolute Gasteiger partial charge is 0.189 e. The van der Waals surface area contributed by atoms with Gasteiger partial charge in [-0.15, -0.1) is 0 Å². The molecule has 0 aliphatic carbocycles. The lowest BCUT2D eigenvalue weighted by atomic mass is 10.1. The fourth-order valence-corrected chi connectivity index (χ4v) is 2.13. The summed E-state index contributed by atoms with van der Waals surface area (Å²) >= 11 is 1.45. The van der Waals surface area contributed by atoms with Crippen molar-refractivity contribution < 1.29 is 4.39 Å². The van der Waals surface area contributed by atoms with Gasteiger partial charge in [0.1, 0.15) is 11.6 Å². The third-order valence-corrected chi connectivity index (χ3v) is 3.59. The highest BCUT2D eigenvalue weighted by Crippen LogP contribution is 2.25. The second kappa shape index (κ2) is 6.70. The van der Waals surface area contributed by atoms with Crippen molar-refractivity contribution in [1.82, 2.24) is 9.97 Å². The van der Waals surface area contributed by atoms with Crippen LogP contribution in [0.3, 0.4) is 0 Å². The molecule has 0 aliphatic rings. The molecule has 5 heteroatoms. The van der Waals surface area contributed by atoms with Crippen LogP contribution in [-0.2, 0) is 0 Å². The molecule has 3 nitrogen and oxygen atoms in total. The summed E-state index contributed by atoms with van der Waals surface area (Å²) in [5, 5.41) is 3.94. The van der Waals surface area contributed by atoms with Gasteiger partial charge in [-0.3, -0.25) is 0 Å². The fraction of sp³-hybridized carbons (Fsp3) is 0.333. The summed E-state index contributed by atoms with van der Waals surface area (Å²) in [5.74, 6) is 0.463. The van der Waals surface area contributed by atoms with Crippen molar-refractivity contribution in [3.8, 4) is 11.3 Å². The van der Waals surface area contributed by atoms with E-state index in [-0.39, 0.29) is 5.82 Å². The van der Waals surface area contributed by atoms with Gasteiger partial charge in [-0.25, -0.2) is 14.4 Å². The first-order valence-electron chi connectivity index (χ1n) is 6.58. The van der Waals surface area contributed by atoms with E-state index in [2.05, 4.69) is 29.1 Å². The molecule has 0 amide bonds.